The van der Waals surface area contributed by atoms with E-state index < -0.39 is 11.9 Å². The van der Waals surface area contributed by atoms with Gasteiger partial charge in [0.25, 0.3) is 0 Å². The molecule has 0 aromatic carbocycles. The van der Waals surface area contributed by atoms with Gasteiger partial charge in [-0.25, -0.2) is 9.59 Å². The minimum atomic E-state index is -0.935. The van der Waals surface area contributed by atoms with Gasteiger partial charge in [0.2, 0.25) is 0 Å². The van der Waals surface area contributed by atoms with Gasteiger partial charge >= 0.3 is 11.9 Å². The Morgan fingerprint density at radius 2 is 1.10 bits per heavy atom. The number of aliphatic hydroxyl groups is 1. The van der Waals surface area contributed by atoms with Crippen LogP contribution in [0.3, 0.4) is 0 Å². The predicted octanol–water partition coefficient (Wildman–Crippen LogP) is 3.63. The molecule has 0 radical (unpaired) electrons. The third-order valence-corrected chi connectivity index (χ3v) is 2.24. The second kappa shape index (κ2) is 18.4. The van der Waals surface area contributed by atoms with Gasteiger partial charge in [0.15, 0.2) is 0 Å². The van der Waals surface area contributed by atoms with Gasteiger partial charge in [-0.15, -0.1) is 0 Å². The number of unbranched alkanes of at least 4 members (excludes halogenated alkanes) is 5. The van der Waals surface area contributed by atoms with Crippen LogP contribution >= 0.6 is 0 Å². The Morgan fingerprint density at radius 1 is 0.810 bits per heavy atom. The van der Waals surface area contributed by atoms with Crippen molar-refractivity contribution in [2.24, 2.45) is 0 Å². The van der Waals surface area contributed by atoms with Crippen LogP contribution in [0.4, 0.5) is 0 Å². The molecule has 0 unspecified atom stereocenters. The molecular weight excluding hydrogens is 272 g/mol. The molecule has 3 N–H and O–H groups in total. The molecule has 5 heteroatoms. The molecule has 0 atom stereocenters. The number of carboxylic acids is 2. The smallest absolute Gasteiger partial charge is 0.330 e. The van der Waals surface area contributed by atoms with Crippen molar-refractivity contribution in [1.82, 2.24) is 0 Å². The van der Waals surface area contributed by atoms with Crippen LogP contribution < -0.4 is 0 Å². The van der Waals surface area contributed by atoms with Crippen LogP contribution in [0.2, 0.25) is 0 Å². The maximum absolute atomic E-state index is 9.60. The molecule has 0 aliphatic carbocycles. The number of carboxylic acid groups (broad SMARTS) is 2. The molecule has 5 nitrogen and oxygen atoms in total. The van der Waals surface area contributed by atoms with Gasteiger partial charge in [-0.3, -0.25) is 0 Å². The standard InChI is InChI=1S/C8H18O.2C4H6O2/c1-2-3-4-5-6-7-8-9;2*1-3(2)4(5)6/h9H,2-8H2,1H3;2*1H2,2H3,(H,5,6). The zero-order valence-corrected chi connectivity index (χ0v) is 13.5. The van der Waals surface area contributed by atoms with Crippen molar-refractivity contribution in [1.29, 1.82) is 0 Å². The average molecular weight is 302 g/mol. The molecule has 0 heterocycles. The van der Waals surface area contributed by atoms with E-state index in [2.05, 4.69) is 20.1 Å². The summed E-state index contributed by atoms with van der Waals surface area (Å²) in [7, 11) is 0. The summed E-state index contributed by atoms with van der Waals surface area (Å²) in [6.45, 7) is 11.8. The van der Waals surface area contributed by atoms with Gasteiger partial charge < -0.3 is 15.3 Å². The van der Waals surface area contributed by atoms with Gasteiger partial charge in [-0.05, 0) is 20.3 Å². The molecule has 0 saturated carbocycles. The fourth-order valence-corrected chi connectivity index (χ4v) is 0.892. The molecule has 0 spiro atoms. The molecule has 0 fully saturated rings. The van der Waals surface area contributed by atoms with Gasteiger partial charge in [-0.1, -0.05) is 52.2 Å². The summed E-state index contributed by atoms with van der Waals surface area (Å²) < 4.78 is 0. The van der Waals surface area contributed by atoms with Crippen molar-refractivity contribution >= 4 is 11.9 Å². The lowest BCUT2D eigenvalue weighted by molar-refractivity contribution is -0.133. The molecule has 0 aromatic heterocycles. The van der Waals surface area contributed by atoms with E-state index >= 15 is 0 Å². The van der Waals surface area contributed by atoms with Crippen LogP contribution in [-0.4, -0.2) is 33.9 Å². The van der Waals surface area contributed by atoms with E-state index in [1.165, 1.54) is 46.0 Å². The second-order valence-corrected chi connectivity index (χ2v) is 4.66. The number of aliphatic carboxylic acids is 2. The van der Waals surface area contributed by atoms with Gasteiger partial charge in [-0.2, -0.15) is 0 Å². The molecule has 0 aromatic rings. The topological polar surface area (TPSA) is 94.8 Å². The fraction of sp³-hybridized carbons (Fsp3) is 0.625. The van der Waals surface area contributed by atoms with E-state index in [0.29, 0.717) is 6.61 Å². The fourth-order valence-electron chi connectivity index (χ4n) is 0.892. The van der Waals surface area contributed by atoms with Crippen molar-refractivity contribution in [3.8, 4) is 0 Å². The average Bonchev–Trinajstić information content (AvgIpc) is 2.40. The third kappa shape index (κ3) is 32.2. The highest BCUT2D eigenvalue weighted by Crippen LogP contribution is 2.03. The maximum atomic E-state index is 9.60. The van der Waals surface area contributed by atoms with Crippen LogP contribution in [0.5, 0.6) is 0 Å². The zero-order chi connectivity index (χ0) is 17.3. The first-order valence-electron chi connectivity index (χ1n) is 7.09. The van der Waals surface area contributed by atoms with Crippen LogP contribution in [0, 0.1) is 0 Å². The van der Waals surface area contributed by atoms with E-state index in [4.69, 9.17) is 15.3 Å². The highest BCUT2D eigenvalue weighted by molar-refractivity contribution is 5.85. The monoisotopic (exact) mass is 302 g/mol. The molecule has 0 bridgehead atoms. The molecule has 124 valence electrons. The quantitative estimate of drug-likeness (QED) is 0.470. The Bertz CT molecular complexity index is 254. The summed E-state index contributed by atoms with van der Waals surface area (Å²) in [6.07, 6.45) is 7.50. The van der Waals surface area contributed by atoms with Crippen LogP contribution in [0.1, 0.15) is 59.3 Å². The summed E-state index contributed by atoms with van der Waals surface area (Å²) in [5, 5.41) is 24.2. The Kier molecular flexibility index (Phi) is 21.4. The van der Waals surface area contributed by atoms with Gasteiger partial charge in [0.1, 0.15) is 0 Å². The minimum Gasteiger partial charge on any atom is -0.478 e. The Hall–Kier alpha value is -1.62. The van der Waals surface area contributed by atoms with E-state index in [9.17, 15) is 9.59 Å². The first-order chi connectivity index (χ1) is 9.70. The lowest BCUT2D eigenvalue weighted by atomic mass is 10.1. The molecule has 21 heavy (non-hydrogen) atoms. The number of hydrogen-bond donors (Lipinski definition) is 3. The van der Waals surface area contributed by atoms with E-state index in [-0.39, 0.29) is 11.1 Å². The zero-order valence-electron chi connectivity index (χ0n) is 13.5. The van der Waals surface area contributed by atoms with Gasteiger partial charge in [0, 0.05) is 17.8 Å². The molecular formula is C16H30O5. The molecule has 0 saturated heterocycles. The van der Waals surface area contributed by atoms with E-state index in [1.807, 2.05) is 0 Å². The second-order valence-electron chi connectivity index (χ2n) is 4.66. The number of aliphatic hydroxyl groups excluding tert-OH is 1. The summed E-state index contributed by atoms with van der Waals surface area (Å²) in [6, 6.07) is 0. The Morgan fingerprint density at radius 3 is 1.33 bits per heavy atom. The Labute approximate surface area is 128 Å². The predicted molar refractivity (Wildman–Crippen MR) is 85.4 cm³/mol. The van der Waals surface area contributed by atoms with Crippen molar-refractivity contribution < 1.29 is 24.9 Å². The van der Waals surface area contributed by atoms with E-state index in [0.717, 1.165) is 6.42 Å². The van der Waals surface area contributed by atoms with Crippen molar-refractivity contribution in [2.45, 2.75) is 59.3 Å². The normalized spacial score (nSPS) is 8.57. The highest BCUT2D eigenvalue weighted by atomic mass is 16.4. The summed E-state index contributed by atoms with van der Waals surface area (Å²) >= 11 is 0. The SMILES string of the molecule is C=C(C)C(=O)O.C=C(C)C(=O)O.CCCCCCCCO. The Balaban J connectivity index is -0.000000240. The van der Waals surface area contributed by atoms with Crippen molar-refractivity contribution in [2.75, 3.05) is 6.61 Å². The molecule has 0 rings (SSSR count). The summed E-state index contributed by atoms with van der Waals surface area (Å²) in [5.41, 5.74) is 0.352. The summed E-state index contributed by atoms with van der Waals surface area (Å²) in [4.78, 5) is 19.2. The number of rotatable bonds is 8. The highest BCUT2D eigenvalue weighted by Gasteiger charge is 1.90. The number of carbonyl (C=O) groups is 2. The van der Waals surface area contributed by atoms with E-state index in [1.54, 1.807) is 0 Å². The first kappa shape index (κ1) is 24.4. The maximum Gasteiger partial charge on any atom is 0.330 e. The van der Waals surface area contributed by atoms with Crippen molar-refractivity contribution in [3.63, 3.8) is 0 Å². The number of hydrogen-bond acceptors (Lipinski definition) is 3. The lowest BCUT2D eigenvalue weighted by Gasteiger charge is -1.95. The van der Waals surface area contributed by atoms with Crippen LogP contribution in [0.15, 0.2) is 24.3 Å². The summed E-state index contributed by atoms with van der Waals surface area (Å²) in [5.74, 6) is -1.87. The third-order valence-electron chi connectivity index (χ3n) is 2.24. The minimum absolute atomic E-state index is 0.176. The molecule has 0 aliphatic rings. The molecule has 0 amide bonds. The van der Waals surface area contributed by atoms with Crippen LogP contribution in [-0.2, 0) is 9.59 Å². The molecule has 0 aliphatic heterocycles. The lowest BCUT2D eigenvalue weighted by Crippen LogP contribution is -1.92. The van der Waals surface area contributed by atoms with Crippen LogP contribution in [0.25, 0.3) is 0 Å². The van der Waals surface area contributed by atoms with Crippen molar-refractivity contribution in [3.05, 3.63) is 24.3 Å². The van der Waals surface area contributed by atoms with Gasteiger partial charge in [0.05, 0.1) is 0 Å². The largest absolute Gasteiger partial charge is 0.478 e. The first-order valence-corrected chi connectivity index (χ1v) is 7.09.